The van der Waals surface area contributed by atoms with Gasteiger partial charge < -0.3 is 20.1 Å². The minimum atomic E-state index is -0.299. The number of hydrogen-bond donors (Lipinski definition) is 2. The SMILES string of the molecule is CN=C(NCCc1cc(F)cc2c1OCOC2)NCC(C)(C)c1cccc(F)c1. The van der Waals surface area contributed by atoms with Crippen molar-refractivity contribution in [2.75, 3.05) is 26.9 Å². The van der Waals surface area contributed by atoms with Gasteiger partial charge in [-0.1, -0.05) is 26.0 Å². The summed E-state index contributed by atoms with van der Waals surface area (Å²) in [4.78, 5) is 4.23. The summed E-state index contributed by atoms with van der Waals surface area (Å²) in [5.74, 6) is 0.787. The van der Waals surface area contributed by atoms with Crippen LogP contribution in [0.5, 0.6) is 5.75 Å². The molecule has 0 aromatic heterocycles. The van der Waals surface area contributed by atoms with Gasteiger partial charge in [-0.3, -0.25) is 4.99 Å². The van der Waals surface area contributed by atoms with E-state index in [4.69, 9.17) is 9.47 Å². The van der Waals surface area contributed by atoms with E-state index >= 15 is 0 Å². The molecule has 0 saturated heterocycles. The van der Waals surface area contributed by atoms with Crippen molar-refractivity contribution in [2.24, 2.45) is 4.99 Å². The molecular formula is C22H27F2N3O2. The van der Waals surface area contributed by atoms with Crippen LogP contribution in [0, 0.1) is 11.6 Å². The van der Waals surface area contributed by atoms with Crippen molar-refractivity contribution < 1.29 is 18.3 Å². The number of aliphatic imine (C=N–C) groups is 1. The number of nitrogens with zero attached hydrogens (tertiary/aromatic N) is 1. The molecule has 0 atom stereocenters. The fourth-order valence-electron chi connectivity index (χ4n) is 3.29. The lowest BCUT2D eigenvalue weighted by Crippen LogP contribution is -2.44. The van der Waals surface area contributed by atoms with Gasteiger partial charge in [0.2, 0.25) is 0 Å². The molecule has 2 aromatic carbocycles. The van der Waals surface area contributed by atoms with E-state index in [0.29, 0.717) is 37.8 Å². The lowest BCUT2D eigenvalue weighted by atomic mass is 9.84. The van der Waals surface area contributed by atoms with Gasteiger partial charge in [0.15, 0.2) is 12.8 Å². The minimum Gasteiger partial charge on any atom is -0.467 e. The fourth-order valence-corrected chi connectivity index (χ4v) is 3.29. The van der Waals surface area contributed by atoms with Crippen molar-refractivity contribution in [1.29, 1.82) is 0 Å². The summed E-state index contributed by atoms with van der Waals surface area (Å²) in [6.07, 6.45) is 0.577. The quantitative estimate of drug-likeness (QED) is 0.573. The third kappa shape index (κ3) is 5.44. The van der Waals surface area contributed by atoms with Gasteiger partial charge in [-0.15, -0.1) is 0 Å². The number of halogens is 2. The second-order valence-electron chi connectivity index (χ2n) is 7.66. The molecule has 0 amide bonds. The molecule has 0 radical (unpaired) electrons. The smallest absolute Gasteiger partial charge is 0.191 e. The van der Waals surface area contributed by atoms with Crippen molar-refractivity contribution >= 4 is 5.96 Å². The summed E-state index contributed by atoms with van der Waals surface area (Å²) in [7, 11) is 1.69. The average molecular weight is 403 g/mol. The van der Waals surface area contributed by atoms with Crippen LogP contribution in [0.3, 0.4) is 0 Å². The number of ether oxygens (including phenoxy) is 2. The van der Waals surface area contributed by atoms with Gasteiger partial charge in [-0.2, -0.15) is 0 Å². The van der Waals surface area contributed by atoms with Crippen LogP contribution in [-0.4, -0.2) is 32.9 Å². The Kier molecular flexibility index (Phi) is 6.69. The van der Waals surface area contributed by atoms with E-state index in [9.17, 15) is 8.78 Å². The van der Waals surface area contributed by atoms with Crippen molar-refractivity contribution in [3.8, 4) is 5.75 Å². The number of fused-ring (bicyclic) bond motifs is 1. The molecule has 2 N–H and O–H groups in total. The molecule has 156 valence electrons. The Morgan fingerprint density at radius 2 is 1.97 bits per heavy atom. The molecule has 5 nitrogen and oxygen atoms in total. The van der Waals surface area contributed by atoms with Crippen LogP contribution < -0.4 is 15.4 Å². The van der Waals surface area contributed by atoms with Crippen LogP contribution in [-0.2, 0) is 23.2 Å². The van der Waals surface area contributed by atoms with E-state index in [1.54, 1.807) is 19.2 Å². The Bertz CT molecular complexity index is 884. The molecule has 1 aliphatic rings. The van der Waals surface area contributed by atoms with E-state index in [1.165, 1.54) is 18.2 Å². The van der Waals surface area contributed by atoms with Crippen molar-refractivity contribution in [3.63, 3.8) is 0 Å². The Labute approximate surface area is 170 Å². The summed E-state index contributed by atoms with van der Waals surface area (Å²) in [5.41, 5.74) is 2.15. The van der Waals surface area contributed by atoms with Crippen LogP contribution in [0.25, 0.3) is 0 Å². The molecule has 29 heavy (non-hydrogen) atoms. The van der Waals surface area contributed by atoms with Crippen molar-refractivity contribution in [1.82, 2.24) is 10.6 Å². The first-order valence-electron chi connectivity index (χ1n) is 9.61. The van der Waals surface area contributed by atoms with E-state index in [2.05, 4.69) is 15.6 Å². The largest absolute Gasteiger partial charge is 0.467 e. The number of nitrogens with one attached hydrogen (secondary N) is 2. The summed E-state index contributed by atoms with van der Waals surface area (Å²) >= 11 is 0. The maximum atomic E-state index is 13.9. The second kappa shape index (κ2) is 9.22. The highest BCUT2D eigenvalue weighted by Gasteiger charge is 2.21. The van der Waals surface area contributed by atoms with Crippen LogP contribution in [0.4, 0.5) is 8.78 Å². The Balaban J connectivity index is 1.56. The third-order valence-corrected chi connectivity index (χ3v) is 4.97. The maximum absolute atomic E-state index is 13.9. The van der Waals surface area contributed by atoms with E-state index < -0.39 is 0 Å². The molecular weight excluding hydrogens is 376 g/mol. The second-order valence-corrected chi connectivity index (χ2v) is 7.66. The van der Waals surface area contributed by atoms with Gasteiger partial charge in [0, 0.05) is 31.1 Å². The molecule has 1 aliphatic heterocycles. The number of guanidine groups is 1. The highest BCUT2D eigenvalue weighted by atomic mass is 19.1. The van der Waals surface area contributed by atoms with Gasteiger partial charge >= 0.3 is 0 Å². The molecule has 0 aliphatic carbocycles. The number of rotatable bonds is 6. The third-order valence-electron chi connectivity index (χ3n) is 4.97. The number of benzene rings is 2. The van der Waals surface area contributed by atoms with Gasteiger partial charge in [0.1, 0.15) is 17.4 Å². The first-order chi connectivity index (χ1) is 13.9. The van der Waals surface area contributed by atoms with E-state index in [1.807, 2.05) is 19.9 Å². The predicted molar refractivity (Wildman–Crippen MR) is 109 cm³/mol. The van der Waals surface area contributed by atoms with Crippen LogP contribution in [0.15, 0.2) is 41.4 Å². The van der Waals surface area contributed by atoms with Gasteiger partial charge in [-0.25, -0.2) is 8.78 Å². The topological polar surface area (TPSA) is 54.9 Å². The summed E-state index contributed by atoms with van der Waals surface area (Å²) < 4.78 is 38.2. The molecule has 0 spiro atoms. The van der Waals surface area contributed by atoms with Gasteiger partial charge in [-0.05, 0) is 41.8 Å². The molecule has 2 aromatic rings. The summed E-state index contributed by atoms with van der Waals surface area (Å²) in [6.45, 7) is 5.75. The molecule has 0 saturated carbocycles. The van der Waals surface area contributed by atoms with Crippen LogP contribution in [0.2, 0.25) is 0 Å². The van der Waals surface area contributed by atoms with Crippen molar-refractivity contribution in [2.45, 2.75) is 32.3 Å². The molecule has 3 rings (SSSR count). The standard InChI is InChI=1S/C22H27F2N3O2/c1-22(2,17-5-4-6-18(23)11-17)13-27-21(25-3)26-8-7-15-9-19(24)10-16-12-28-14-29-20(15)16/h4-6,9-11H,7-8,12-14H2,1-3H3,(H2,25,26,27). The molecule has 0 unspecified atom stereocenters. The fraction of sp³-hybridized carbons (Fsp3) is 0.409. The first-order valence-corrected chi connectivity index (χ1v) is 9.61. The lowest BCUT2D eigenvalue weighted by Gasteiger charge is -2.27. The average Bonchev–Trinajstić information content (AvgIpc) is 2.70. The zero-order chi connectivity index (χ0) is 20.9. The maximum Gasteiger partial charge on any atom is 0.191 e. The molecule has 0 fully saturated rings. The minimum absolute atomic E-state index is 0.178. The van der Waals surface area contributed by atoms with Crippen LogP contribution in [0.1, 0.15) is 30.5 Å². The van der Waals surface area contributed by atoms with Gasteiger partial charge in [0.25, 0.3) is 0 Å². The first kappa shape index (κ1) is 21.0. The zero-order valence-electron chi connectivity index (χ0n) is 17.0. The molecule has 0 bridgehead atoms. The zero-order valence-corrected chi connectivity index (χ0v) is 17.0. The van der Waals surface area contributed by atoms with Gasteiger partial charge in [0.05, 0.1) is 6.61 Å². The highest BCUT2D eigenvalue weighted by Crippen LogP contribution is 2.29. The van der Waals surface area contributed by atoms with E-state index in [-0.39, 0.29) is 23.8 Å². The summed E-state index contributed by atoms with van der Waals surface area (Å²) in [5, 5.41) is 6.51. The van der Waals surface area contributed by atoms with Crippen molar-refractivity contribution in [3.05, 3.63) is 64.7 Å². The Morgan fingerprint density at radius 1 is 1.14 bits per heavy atom. The Morgan fingerprint density at radius 3 is 2.72 bits per heavy atom. The van der Waals surface area contributed by atoms with Crippen LogP contribution >= 0.6 is 0 Å². The highest BCUT2D eigenvalue weighted by molar-refractivity contribution is 5.79. The number of hydrogen-bond acceptors (Lipinski definition) is 3. The lowest BCUT2D eigenvalue weighted by molar-refractivity contribution is -0.0172. The predicted octanol–water partition coefficient (Wildman–Crippen LogP) is 3.52. The molecule has 1 heterocycles. The monoisotopic (exact) mass is 403 g/mol. The molecule has 7 heteroatoms. The summed E-state index contributed by atoms with van der Waals surface area (Å²) in [6, 6.07) is 9.56. The van der Waals surface area contributed by atoms with E-state index in [0.717, 1.165) is 16.7 Å². The normalized spacial score (nSPS) is 14.2. The Hall–Kier alpha value is -2.67.